The number of azide groups is 1. The SMILES string of the molecule is CCNC(=O)c1ccc(C)c(N=[N+]=[N-])c1. The molecule has 0 aromatic heterocycles. The zero-order valence-electron chi connectivity index (χ0n) is 8.69. The highest BCUT2D eigenvalue weighted by Crippen LogP contribution is 2.20. The third kappa shape index (κ3) is 2.72. The first-order chi connectivity index (χ1) is 7.19. The Balaban J connectivity index is 3.07. The molecule has 0 saturated carbocycles. The number of rotatable bonds is 3. The van der Waals surface area contributed by atoms with Crippen LogP contribution in [0.4, 0.5) is 5.69 Å². The molecule has 1 aromatic rings. The van der Waals surface area contributed by atoms with Gasteiger partial charge in [0.2, 0.25) is 0 Å². The fourth-order valence-corrected chi connectivity index (χ4v) is 1.17. The summed E-state index contributed by atoms with van der Waals surface area (Å²) in [5.74, 6) is -0.160. The van der Waals surface area contributed by atoms with Gasteiger partial charge in [-0.1, -0.05) is 11.2 Å². The summed E-state index contributed by atoms with van der Waals surface area (Å²) < 4.78 is 0. The fraction of sp³-hybridized carbons (Fsp3) is 0.300. The van der Waals surface area contributed by atoms with Gasteiger partial charge in [-0.05, 0) is 37.1 Å². The van der Waals surface area contributed by atoms with Gasteiger partial charge in [0.25, 0.3) is 5.91 Å². The molecule has 0 aliphatic carbocycles. The van der Waals surface area contributed by atoms with Crippen LogP contribution >= 0.6 is 0 Å². The lowest BCUT2D eigenvalue weighted by atomic mass is 10.1. The van der Waals surface area contributed by atoms with E-state index in [1.165, 1.54) is 0 Å². The van der Waals surface area contributed by atoms with Gasteiger partial charge in [0.05, 0.1) is 0 Å². The quantitative estimate of drug-likeness (QED) is 0.458. The second-order valence-corrected chi connectivity index (χ2v) is 3.05. The maximum atomic E-state index is 11.5. The molecule has 0 aliphatic heterocycles. The van der Waals surface area contributed by atoms with E-state index in [1.807, 2.05) is 13.8 Å². The van der Waals surface area contributed by atoms with Crippen molar-refractivity contribution in [3.63, 3.8) is 0 Å². The number of nitrogens with one attached hydrogen (secondary N) is 1. The average molecular weight is 204 g/mol. The molecule has 0 heterocycles. The topological polar surface area (TPSA) is 77.9 Å². The van der Waals surface area contributed by atoms with Crippen molar-refractivity contribution in [2.75, 3.05) is 6.54 Å². The first-order valence-corrected chi connectivity index (χ1v) is 4.63. The van der Waals surface area contributed by atoms with Gasteiger partial charge in [0.1, 0.15) is 0 Å². The van der Waals surface area contributed by atoms with E-state index in [9.17, 15) is 4.79 Å². The molecule has 1 aromatic carbocycles. The normalized spacial score (nSPS) is 9.20. The van der Waals surface area contributed by atoms with E-state index in [-0.39, 0.29) is 5.91 Å². The first kappa shape index (κ1) is 11.1. The number of nitrogens with zero attached hydrogens (tertiary/aromatic N) is 3. The van der Waals surface area contributed by atoms with Gasteiger partial charge in [-0.15, -0.1) is 0 Å². The van der Waals surface area contributed by atoms with Gasteiger partial charge in [0, 0.05) is 22.7 Å². The largest absolute Gasteiger partial charge is 0.352 e. The zero-order valence-corrected chi connectivity index (χ0v) is 8.69. The molecule has 5 heteroatoms. The molecule has 1 N–H and O–H groups in total. The van der Waals surface area contributed by atoms with Crippen molar-refractivity contribution in [1.29, 1.82) is 0 Å². The fourth-order valence-electron chi connectivity index (χ4n) is 1.17. The highest BCUT2D eigenvalue weighted by Gasteiger charge is 2.05. The number of carbonyl (C=O) groups is 1. The minimum atomic E-state index is -0.160. The monoisotopic (exact) mass is 204 g/mol. The summed E-state index contributed by atoms with van der Waals surface area (Å²) in [5.41, 5.74) is 10.2. The van der Waals surface area contributed by atoms with E-state index in [0.29, 0.717) is 17.8 Å². The van der Waals surface area contributed by atoms with E-state index < -0.39 is 0 Å². The third-order valence-corrected chi connectivity index (χ3v) is 1.96. The first-order valence-electron chi connectivity index (χ1n) is 4.63. The standard InChI is InChI=1S/C10H12N4O/c1-3-12-10(15)8-5-4-7(2)9(6-8)13-14-11/h4-6H,3H2,1-2H3,(H,12,15). The molecule has 15 heavy (non-hydrogen) atoms. The summed E-state index contributed by atoms with van der Waals surface area (Å²) in [5, 5.41) is 6.19. The Morgan fingerprint density at radius 2 is 2.33 bits per heavy atom. The van der Waals surface area contributed by atoms with Gasteiger partial charge >= 0.3 is 0 Å². The summed E-state index contributed by atoms with van der Waals surface area (Å²) in [4.78, 5) is 14.2. The van der Waals surface area contributed by atoms with E-state index in [0.717, 1.165) is 5.56 Å². The maximum absolute atomic E-state index is 11.5. The van der Waals surface area contributed by atoms with Crippen molar-refractivity contribution in [2.45, 2.75) is 13.8 Å². The Bertz CT molecular complexity index is 421. The Labute approximate surface area is 87.7 Å². The van der Waals surface area contributed by atoms with Crippen molar-refractivity contribution in [1.82, 2.24) is 5.32 Å². The summed E-state index contributed by atoms with van der Waals surface area (Å²) in [6.07, 6.45) is 0. The van der Waals surface area contributed by atoms with Crippen LogP contribution in [0.3, 0.4) is 0 Å². The molecule has 0 fully saturated rings. The summed E-state index contributed by atoms with van der Waals surface area (Å²) in [6, 6.07) is 5.05. The van der Waals surface area contributed by atoms with Crippen LogP contribution in [0.1, 0.15) is 22.8 Å². The minimum Gasteiger partial charge on any atom is -0.352 e. The van der Waals surface area contributed by atoms with Crippen LogP contribution in [0.25, 0.3) is 10.4 Å². The van der Waals surface area contributed by atoms with Crippen LogP contribution in [-0.4, -0.2) is 12.5 Å². The van der Waals surface area contributed by atoms with Gasteiger partial charge in [0.15, 0.2) is 0 Å². The van der Waals surface area contributed by atoms with Crippen molar-refractivity contribution in [3.05, 3.63) is 39.8 Å². The smallest absolute Gasteiger partial charge is 0.251 e. The molecule has 0 unspecified atom stereocenters. The molecule has 1 amide bonds. The Morgan fingerprint density at radius 3 is 2.93 bits per heavy atom. The minimum absolute atomic E-state index is 0.160. The molecule has 5 nitrogen and oxygen atoms in total. The second-order valence-electron chi connectivity index (χ2n) is 3.05. The van der Waals surface area contributed by atoms with Crippen LogP contribution in [0.15, 0.2) is 23.3 Å². The number of hydrogen-bond acceptors (Lipinski definition) is 2. The Hall–Kier alpha value is -2.00. The molecular formula is C10H12N4O. The molecule has 0 spiro atoms. The molecule has 0 aliphatic rings. The van der Waals surface area contributed by atoms with E-state index in [1.54, 1.807) is 18.2 Å². The molecule has 0 atom stereocenters. The van der Waals surface area contributed by atoms with Gasteiger partial charge < -0.3 is 5.32 Å². The zero-order chi connectivity index (χ0) is 11.3. The van der Waals surface area contributed by atoms with Crippen molar-refractivity contribution in [2.24, 2.45) is 5.11 Å². The van der Waals surface area contributed by atoms with E-state index in [4.69, 9.17) is 5.53 Å². The second kappa shape index (κ2) is 5.02. The molecule has 0 radical (unpaired) electrons. The third-order valence-electron chi connectivity index (χ3n) is 1.96. The number of aryl methyl sites for hydroxylation is 1. The number of hydrogen-bond donors (Lipinski definition) is 1. The molecule has 1 rings (SSSR count). The average Bonchev–Trinajstić information content (AvgIpc) is 2.22. The van der Waals surface area contributed by atoms with Crippen LogP contribution in [-0.2, 0) is 0 Å². The van der Waals surface area contributed by atoms with Gasteiger partial charge in [-0.25, -0.2) is 0 Å². The number of carbonyl (C=O) groups excluding carboxylic acids is 1. The highest BCUT2D eigenvalue weighted by molar-refractivity contribution is 5.95. The van der Waals surface area contributed by atoms with Crippen LogP contribution in [0, 0.1) is 6.92 Å². The predicted octanol–water partition coefficient (Wildman–Crippen LogP) is 2.69. The Morgan fingerprint density at radius 1 is 1.60 bits per heavy atom. The molecule has 78 valence electrons. The van der Waals surface area contributed by atoms with Crippen molar-refractivity contribution >= 4 is 11.6 Å². The lowest BCUT2D eigenvalue weighted by molar-refractivity contribution is 0.0956. The summed E-state index contributed by atoms with van der Waals surface area (Å²) in [6.45, 7) is 4.25. The van der Waals surface area contributed by atoms with Gasteiger partial charge in [-0.3, -0.25) is 4.79 Å². The lowest BCUT2D eigenvalue weighted by Crippen LogP contribution is -2.22. The van der Waals surface area contributed by atoms with Crippen molar-refractivity contribution < 1.29 is 4.79 Å². The van der Waals surface area contributed by atoms with E-state index >= 15 is 0 Å². The predicted molar refractivity (Wildman–Crippen MR) is 58.0 cm³/mol. The molecule has 0 saturated heterocycles. The Kier molecular flexibility index (Phi) is 3.71. The summed E-state index contributed by atoms with van der Waals surface area (Å²) in [7, 11) is 0. The van der Waals surface area contributed by atoms with Crippen LogP contribution in [0.5, 0.6) is 0 Å². The van der Waals surface area contributed by atoms with Crippen LogP contribution < -0.4 is 5.32 Å². The van der Waals surface area contributed by atoms with E-state index in [2.05, 4.69) is 15.3 Å². The summed E-state index contributed by atoms with van der Waals surface area (Å²) >= 11 is 0. The lowest BCUT2D eigenvalue weighted by Gasteiger charge is -2.04. The maximum Gasteiger partial charge on any atom is 0.251 e. The van der Waals surface area contributed by atoms with Crippen LogP contribution in [0.2, 0.25) is 0 Å². The van der Waals surface area contributed by atoms with Gasteiger partial charge in [-0.2, -0.15) is 0 Å². The number of benzene rings is 1. The molecule has 0 bridgehead atoms. The highest BCUT2D eigenvalue weighted by atomic mass is 16.1. The molecular weight excluding hydrogens is 192 g/mol. The van der Waals surface area contributed by atoms with Crippen molar-refractivity contribution in [3.8, 4) is 0 Å². The number of amides is 1.